The molecule has 98 valence electrons. The number of nitrogens with two attached hydrogens (primary N) is 1. The van der Waals surface area contributed by atoms with Gasteiger partial charge in [-0.3, -0.25) is 0 Å². The normalized spacial score (nSPS) is 19.5. The van der Waals surface area contributed by atoms with E-state index in [4.69, 9.17) is 5.73 Å². The number of benzene rings is 1. The van der Waals surface area contributed by atoms with Crippen molar-refractivity contribution in [3.8, 4) is 0 Å². The average Bonchev–Trinajstić information content (AvgIpc) is 2.46. The van der Waals surface area contributed by atoms with Gasteiger partial charge in [0.2, 0.25) is 0 Å². The fourth-order valence-corrected chi connectivity index (χ4v) is 2.42. The second-order valence-electron chi connectivity index (χ2n) is 4.86. The van der Waals surface area contributed by atoms with Crippen molar-refractivity contribution >= 4 is 5.70 Å². The number of rotatable bonds is 5. The zero-order chi connectivity index (χ0) is 12.8. The van der Waals surface area contributed by atoms with Crippen molar-refractivity contribution in [2.24, 2.45) is 5.73 Å². The van der Waals surface area contributed by atoms with Crippen LogP contribution in [0.15, 0.2) is 30.8 Å². The maximum atomic E-state index is 5.47. The Hall–Kier alpha value is -1.32. The zero-order valence-corrected chi connectivity index (χ0v) is 10.9. The van der Waals surface area contributed by atoms with Crippen LogP contribution in [0.4, 0.5) is 0 Å². The predicted molar refractivity (Wildman–Crippen MR) is 77.4 cm³/mol. The van der Waals surface area contributed by atoms with E-state index in [2.05, 4.69) is 41.5 Å². The number of nitrogens with one attached hydrogen (secondary N) is 2. The van der Waals surface area contributed by atoms with Crippen LogP contribution in [0, 0.1) is 0 Å². The van der Waals surface area contributed by atoms with Crippen LogP contribution in [-0.4, -0.2) is 26.2 Å². The van der Waals surface area contributed by atoms with Crippen LogP contribution in [0.3, 0.4) is 0 Å². The van der Waals surface area contributed by atoms with Crippen LogP contribution in [0.2, 0.25) is 0 Å². The highest BCUT2D eigenvalue weighted by Crippen LogP contribution is 2.24. The molecule has 3 nitrogen and oxygen atoms in total. The summed E-state index contributed by atoms with van der Waals surface area (Å²) in [6, 6.07) is 8.75. The van der Waals surface area contributed by atoms with E-state index in [0.29, 0.717) is 12.5 Å². The zero-order valence-electron chi connectivity index (χ0n) is 10.9. The SMILES string of the molecule is C=C(NCCN)c1ccc(C2CCCNC2)cc1. The van der Waals surface area contributed by atoms with Crippen LogP contribution < -0.4 is 16.4 Å². The molecular formula is C15H23N3. The van der Waals surface area contributed by atoms with Gasteiger partial charge in [0.05, 0.1) is 0 Å². The second-order valence-corrected chi connectivity index (χ2v) is 4.86. The van der Waals surface area contributed by atoms with Crippen LogP contribution in [0.5, 0.6) is 0 Å². The minimum Gasteiger partial charge on any atom is -0.384 e. The van der Waals surface area contributed by atoms with Crippen molar-refractivity contribution in [3.05, 3.63) is 42.0 Å². The van der Waals surface area contributed by atoms with Gasteiger partial charge in [-0.05, 0) is 36.4 Å². The Bertz CT molecular complexity index is 377. The Morgan fingerprint density at radius 1 is 1.39 bits per heavy atom. The molecule has 1 saturated heterocycles. The van der Waals surface area contributed by atoms with E-state index in [1.165, 1.54) is 18.4 Å². The molecule has 1 aromatic carbocycles. The smallest absolute Gasteiger partial charge is 0.0341 e. The van der Waals surface area contributed by atoms with Crippen molar-refractivity contribution < 1.29 is 0 Å². The summed E-state index contributed by atoms with van der Waals surface area (Å²) < 4.78 is 0. The van der Waals surface area contributed by atoms with Crippen molar-refractivity contribution in [1.29, 1.82) is 0 Å². The van der Waals surface area contributed by atoms with Gasteiger partial charge in [-0.2, -0.15) is 0 Å². The Kier molecular flexibility index (Phi) is 4.79. The first-order valence-corrected chi connectivity index (χ1v) is 6.75. The van der Waals surface area contributed by atoms with Gasteiger partial charge in [0.25, 0.3) is 0 Å². The summed E-state index contributed by atoms with van der Waals surface area (Å²) in [6.45, 7) is 7.69. The summed E-state index contributed by atoms with van der Waals surface area (Å²) in [5, 5.41) is 6.67. The first-order chi connectivity index (χ1) is 8.81. The molecule has 1 atom stereocenters. The summed E-state index contributed by atoms with van der Waals surface area (Å²) in [6.07, 6.45) is 2.57. The van der Waals surface area contributed by atoms with Crippen molar-refractivity contribution in [2.75, 3.05) is 26.2 Å². The molecule has 3 heteroatoms. The Morgan fingerprint density at radius 3 is 2.78 bits per heavy atom. The van der Waals surface area contributed by atoms with Crippen molar-refractivity contribution in [2.45, 2.75) is 18.8 Å². The summed E-state index contributed by atoms with van der Waals surface area (Å²) in [5.41, 5.74) is 9.00. The average molecular weight is 245 g/mol. The lowest BCUT2D eigenvalue weighted by Gasteiger charge is -2.23. The fraction of sp³-hybridized carbons (Fsp3) is 0.467. The van der Waals surface area contributed by atoms with E-state index in [1.54, 1.807) is 0 Å². The molecule has 4 N–H and O–H groups in total. The molecule has 1 aromatic rings. The van der Waals surface area contributed by atoms with Crippen molar-refractivity contribution in [3.63, 3.8) is 0 Å². The molecule has 0 saturated carbocycles. The Labute approximate surface area is 109 Å². The predicted octanol–water partition coefficient (Wildman–Crippen LogP) is 1.67. The first-order valence-electron chi connectivity index (χ1n) is 6.75. The highest BCUT2D eigenvalue weighted by Gasteiger charge is 2.14. The van der Waals surface area contributed by atoms with E-state index in [0.717, 1.165) is 30.9 Å². The molecule has 2 rings (SSSR count). The Balaban J connectivity index is 1.98. The quantitative estimate of drug-likeness (QED) is 0.739. The lowest BCUT2D eigenvalue weighted by molar-refractivity contribution is 0.461. The maximum Gasteiger partial charge on any atom is 0.0341 e. The molecular weight excluding hydrogens is 222 g/mol. The summed E-state index contributed by atoms with van der Waals surface area (Å²) in [5.74, 6) is 0.665. The summed E-state index contributed by atoms with van der Waals surface area (Å²) in [4.78, 5) is 0. The minimum atomic E-state index is 0.630. The third-order valence-electron chi connectivity index (χ3n) is 3.51. The largest absolute Gasteiger partial charge is 0.384 e. The molecule has 0 bridgehead atoms. The molecule has 0 spiro atoms. The van der Waals surface area contributed by atoms with Gasteiger partial charge in [0.1, 0.15) is 0 Å². The van der Waals surface area contributed by atoms with E-state index in [9.17, 15) is 0 Å². The van der Waals surface area contributed by atoms with E-state index < -0.39 is 0 Å². The van der Waals surface area contributed by atoms with Crippen LogP contribution in [0.1, 0.15) is 29.9 Å². The molecule has 0 aromatic heterocycles. The van der Waals surface area contributed by atoms with Crippen LogP contribution in [0.25, 0.3) is 5.70 Å². The molecule has 18 heavy (non-hydrogen) atoms. The molecule has 1 unspecified atom stereocenters. The van der Waals surface area contributed by atoms with Gasteiger partial charge < -0.3 is 16.4 Å². The molecule has 1 fully saturated rings. The lowest BCUT2D eigenvalue weighted by Crippen LogP contribution is -2.28. The van der Waals surface area contributed by atoms with Crippen LogP contribution >= 0.6 is 0 Å². The van der Waals surface area contributed by atoms with E-state index >= 15 is 0 Å². The third-order valence-corrected chi connectivity index (χ3v) is 3.51. The highest BCUT2D eigenvalue weighted by molar-refractivity contribution is 5.61. The molecule has 0 amide bonds. The minimum absolute atomic E-state index is 0.630. The number of hydrogen-bond acceptors (Lipinski definition) is 3. The monoisotopic (exact) mass is 245 g/mol. The lowest BCUT2D eigenvalue weighted by atomic mass is 9.91. The first kappa shape index (κ1) is 13.1. The van der Waals surface area contributed by atoms with Gasteiger partial charge >= 0.3 is 0 Å². The third kappa shape index (κ3) is 3.34. The Morgan fingerprint density at radius 2 is 2.17 bits per heavy atom. The van der Waals surface area contributed by atoms with Crippen LogP contribution in [-0.2, 0) is 0 Å². The highest BCUT2D eigenvalue weighted by atomic mass is 14.9. The molecule has 1 heterocycles. The number of piperidine rings is 1. The van der Waals surface area contributed by atoms with Gasteiger partial charge in [0.15, 0.2) is 0 Å². The molecule has 1 aliphatic rings. The van der Waals surface area contributed by atoms with Gasteiger partial charge in [-0.15, -0.1) is 0 Å². The summed E-state index contributed by atoms with van der Waals surface area (Å²) in [7, 11) is 0. The standard InChI is InChI=1S/C15H23N3/c1-12(18-10-8-16)13-4-6-14(7-5-13)15-3-2-9-17-11-15/h4-7,15,17-18H,1-3,8-11,16H2. The molecule has 0 radical (unpaired) electrons. The topological polar surface area (TPSA) is 50.1 Å². The molecule has 1 aliphatic heterocycles. The fourth-order valence-electron chi connectivity index (χ4n) is 2.42. The molecule has 0 aliphatic carbocycles. The van der Waals surface area contributed by atoms with Gasteiger partial charge in [-0.1, -0.05) is 30.8 Å². The number of hydrogen-bond donors (Lipinski definition) is 3. The van der Waals surface area contributed by atoms with Crippen molar-refractivity contribution in [1.82, 2.24) is 10.6 Å². The van der Waals surface area contributed by atoms with E-state index in [1.807, 2.05) is 0 Å². The summed E-state index contributed by atoms with van der Waals surface area (Å²) >= 11 is 0. The maximum absolute atomic E-state index is 5.47. The second kappa shape index (κ2) is 6.57. The van der Waals surface area contributed by atoms with E-state index in [-0.39, 0.29) is 0 Å². The van der Waals surface area contributed by atoms with Gasteiger partial charge in [0, 0.05) is 25.3 Å². The van der Waals surface area contributed by atoms with Gasteiger partial charge in [-0.25, -0.2) is 0 Å².